The van der Waals surface area contributed by atoms with Crippen LogP contribution in [-0.4, -0.2) is 9.97 Å². The summed E-state index contributed by atoms with van der Waals surface area (Å²) >= 11 is 1.60. The largest absolute Gasteiger partial charge is 0.309 e. The molecule has 0 amide bonds. The number of nitriles is 1. The molecule has 3 rings (SSSR count). The monoisotopic (exact) mass is 231 g/mol. The summed E-state index contributed by atoms with van der Waals surface area (Å²) in [7, 11) is 0. The van der Waals surface area contributed by atoms with Crippen molar-refractivity contribution in [3.05, 3.63) is 26.6 Å². The first-order valence-electron chi connectivity index (χ1n) is 5.20. The van der Waals surface area contributed by atoms with Gasteiger partial charge in [0.2, 0.25) is 0 Å². The Labute approximate surface area is 95.6 Å². The van der Waals surface area contributed by atoms with Gasteiger partial charge in [0.05, 0.1) is 17.9 Å². The molecule has 80 valence electrons. The zero-order chi connectivity index (χ0) is 11.1. The predicted molar refractivity (Wildman–Crippen MR) is 61.6 cm³/mol. The number of hydrogen-bond acceptors (Lipinski definition) is 4. The highest BCUT2D eigenvalue weighted by molar-refractivity contribution is 7.18. The highest BCUT2D eigenvalue weighted by Gasteiger charge is 2.20. The molecule has 5 heteroatoms. The number of thiophene rings is 1. The lowest BCUT2D eigenvalue weighted by atomic mass is 10.2. The topological polar surface area (TPSA) is 69.5 Å². The first-order valence-corrected chi connectivity index (χ1v) is 6.01. The number of nitrogens with zero attached hydrogens (tertiary/aromatic N) is 2. The summed E-state index contributed by atoms with van der Waals surface area (Å²) in [5, 5.41) is 9.34. The number of H-pyrrole nitrogens is 1. The van der Waals surface area contributed by atoms with E-state index in [2.05, 4.69) is 9.97 Å². The molecule has 0 fully saturated rings. The molecule has 0 saturated heterocycles. The van der Waals surface area contributed by atoms with Gasteiger partial charge in [0.1, 0.15) is 10.7 Å². The van der Waals surface area contributed by atoms with Gasteiger partial charge in [0.15, 0.2) is 0 Å². The van der Waals surface area contributed by atoms with E-state index in [0.29, 0.717) is 5.82 Å². The van der Waals surface area contributed by atoms with E-state index in [4.69, 9.17) is 5.26 Å². The molecule has 1 aliphatic rings. The van der Waals surface area contributed by atoms with E-state index < -0.39 is 0 Å². The Morgan fingerprint density at radius 1 is 1.50 bits per heavy atom. The van der Waals surface area contributed by atoms with Crippen molar-refractivity contribution < 1.29 is 0 Å². The number of aromatic amines is 1. The average molecular weight is 231 g/mol. The molecule has 1 aliphatic carbocycles. The number of rotatable bonds is 1. The second kappa shape index (κ2) is 3.42. The smallest absolute Gasteiger partial charge is 0.259 e. The Morgan fingerprint density at radius 3 is 3.19 bits per heavy atom. The van der Waals surface area contributed by atoms with Crippen molar-refractivity contribution in [2.45, 2.75) is 25.7 Å². The van der Waals surface area contributed by atoms with Crippen LogP contribution in [0.4, 0.5) is 0 Å². The van der Waals surface area contributed by atoms with Crippen molar-refractivity contribution in [1.82, 2.24) is 9.97 Å². The molecule has 1 N–H and O–H groups in total. The van der Waals surface area contributed by atoms with E-state index in [1.165, 1.54) is 10.4 Å². The number of aromatic nitrogens is 2. The Kier molecular flexibility index (Phi) is 2.04. The lowest BCUT2D eigenvalue weighted by Gasteiger charge is -1.96. The zero-order valence-electron chi connectivity index (χ0n) is 8.54. The van der Waals surface area contributed by atoms with Crippen LogP contribution in [-0.2, 0) is 19.3 Å². The minimum absolute atomic E-state index is 0.0883. The van der Waals surface area contributed by atoms with Crippen LogP contribution in [0, 0.1) is 11.3 Å². The standard InChI is InChI=1S/C11H9N3OS/c12-5-4-8-13-10(15)9-6-2-1-3-7(6)16-11(9)14-8/h1-4H2,(H,13,14,15). The van der Waals surface area contributed by atoms with Gasteiger partial charge >= 0.3 is 0 Å². The van der Waals surface area contributed by atoms with Gasteiger partial charge in [-0.05, 0) is 24.8 Å². The van der Waals surface area contributed by atoms with Gasteiger partial charge in [-0.2, -0.15) is 5.26 Å². The van der Waals surface area contributed by atoms with Crippen LogP contribution in [0.25, 0.3) is 10.2 Å². The second-order valence-corrected chi connectivity index (χ2v) is 4.97. The quantitative estimate of drug-likeness (QED) is 0.809. The molecule has 16 heavy (non-hydrogen) atoms. The summed E-state index contributed by atoms with van der Waals surface area (Å²) in [5.74, 6) is 0.472. The highest BCUT2D eigenvalue weighted by Crippen LogP contribution is 2.34. The van der Waals surface area contributed by atoms with Crippen LogP contribution < -0.4 is 5.56 Å². The van der Waals surface area contributed by atoms with Gasteiger partial charge in [-0.15, -0.1) is 11.3 Å². The first-order chi connectivity index (χ1) is 7.79. The SMILES string of the molecule is N#CCc1nc2sc3c(c2c(=O)[nH]1)CCC3. The Balaban J connectivity index is 2.31. The molecule has 0 radical (unpaired) electrons. The lowest BCUT2D eigenvalue weighted by Crippen LogP contribution is -2.11. The summed E-state index contributed by atoms with van der Waals surface area (Å²) in [5.41, 5.74) is 1.09. The van der Waals surface area contributed by atoms with E-state index in [9.17, 15) is 4.79 Å². The minimum Gasteiger partial charge on any atom is -0.309 e. The molecule has 2 heterocycles. The molecule has 2 aromatic heterocycles. The van der Waals surface area contributed by atoms with Gasteiger partial charge < -0.3 is 4.98 Å². The lowest BCUT2D eigenvalue weighted by molar-refractivity contribution is 0.915. The summed E-state index contributed by atoms with van der Waals surface area (Å²) in [6, 6.07) is 2.00. The number of aryl methyl sites for hydroxylation is 2. The summed E-state index contributed by atoms with van der Waals surface area (Å²) in [6.45, 7) is 0. The first kappa shape index (κ1) is 9.55. The van der Waals surface area contributed by atoms with E-state index in [-0.39, 0.29) is 12.0 Å². The molecule has 0 aliphatic heterocycles. The molecule has 0 saturated carbocycles. The van der Waals surface area contributed by atoms with E-state index in [1.54, 1.807) is 11.3 Å². The Hall–Kier alpha value is -1.67. The van der Waals surface area contributed by atoms with Crippen molar-refractivity contribution in [3.63, 3.8) is 0 Å². The molecule has 4 nitrogen and oxygen atoms in total. The zero-order valence-corrected chi connectivity index (χ0v) is 9.36. The minimum atomic E-state index is -0.0883. The maximum absolute atomic E-state index is 11.9. The van der Waals surface area contributed by atoms with Crippen LogP contribution in [0.5, 0.6) is 0 Å². The fourth-order valence-corrected chi connectivity index (χ4v) is 3.49. The van der Waals surface area contributed by atoms with Crippen molar-refractivity contribution in [3.8, 4) is 6.07 Å². The van der Waals surface area contributed by atoms with Crippen LogP contribution in [0.3, 0.4) is 0 Å². The number of nitrogens with one attached hydrogen (secondary N) is 1. The second-order valence-electron chi connectivity index (χ2n) is 3.89. The Morgan fingerprint density at radius 2 is 2.38 bits per heavy atom. The van der Waals surface area contributed by atoms with Gasteiger partial charge in [0.25, 0.3) is 5.56 Å². The van der Waals surface area contributed by atoms with E-state index >= 15 is 0 Å². The molecular formula is C11H9N3OS. The van der Waals surface area contributed by atoms with Crippen LogP contribution in [0.2, 0.25) is 0 Å². The van der Waals surface area contributed by atoms with E-state index in [1.807, 2.05) is 6.07 Å². The molecule has 0 aromatic carbocycles. The number of hydrogen-bond donors (Lipinski definition) is 1. The molecule has 0 spiro atoms. The van der Waals surface area contributed by atoms with Gasteiger partial charge in [-0.3, -0.25) is 4.79 Å². The van der Waals surface area contributed by atoms with Crippen molar-refractivity contribution in [1.29, 1.82) is 5.26 Å². The fourth-order valence-electron chi connectivity index (χ4n) is 2.21. The van der Waals surface area contributed by atoms with Crippen molar-refractivity contribution >= 4 is 21.6 Å². The Bertz CT molecular complexity index is 662. The normalized spacial score (nSPS) is 13.9. The highest BCUT2D eigenvalue weighted by atomic mass is 32.1. The molecule has 2 aromatic rings. The molecule has 0 atom stereocenters. The third-order valence-electron chi connectivity index (χ3n) is 2.87. The predicted octanol–water partition coefficient (Wildman–Crippen LogP) is 1.54. The average Bonchev–Trinajstić information content (AvgIpc) is 2.76. The number of fused-ring (bicyclic) bond motifs is 3. The third-order valence-corrected chi connectivity index (χ3v) is 4.06. The fraction of sp³-hybridized carbons (Fsp3) is 0.364. The van der Waals surface area contributed by atoms with Crippen LogP contribution >= 0.6 is 11.3 Å². The van der Waals surface area contributed by atoms with Gasteiger partial charge in [0, 0.05) is 4.88 Å². The summed E-state index contributed by atoms with van der Waals surface area (Å²) < 4.78 is 0. The molecular weight excluding hydrogens is 222 g/mol. The maximum atomic E-state index is 11.9. The van der Waals surface area contributed by atoms with E-state index in [0.717, 1.165) is 29.5 Å². The van der Waals surface area contributed by atoms with Crippen LogP contribution in [0.15, 0.2) is 4.79 Å². The van der Waals surface area contributed by atoms with Crippen LogP contribution in [0.1, 0.15) is 22.7 Å². The van der Waals surface area contributed by atoms with Gasteiger partial charge in [-0.1, -0.05) is 0 Å². The third kappa shape index (κ3) is 1.27. The molecule has 0 bridgehead atoms. The maximum Gasteiger partial charge on any atom is 0.259 e. The van der Waals surface area contributed by atoms with Crippen molar-refractivity contribution in [2.75, 3.05) is 0 Å². The summed E-state index contributed by atoms with van der Waals surface area (Å²) in [6.07, 6.45) is 3.34. The van der Waals surface area contributed by atoms with Crippen molar-refractivity contribution in [2.24, 2.45) is 0 Å². The summed E-state index contributed by atoms with van der Waals surface area (Å²) in [4.78, 5) is 21.0. The van der Waals surface area contributed by atoms with Gasteiger partial charge in [-0.25, -0.2) is 4.98 Å². The molecule has 0 unspecified atom stereocenters.